The average Bonchev–Trinajstić information content (AvgIpc) is 2.37. The predicted octanol–water partition coefficient (Wildman–Crippen LogP) is 2.80. The van der Waals surface area contributed by atoms with Crippen LogP contribution in [0.1, 0.15) is 39.9 Å². The van der Waals surface area contributed by atoms with Gasteiger partial charge in [0.2, 0.25) is 5.82 Å². The normalized spacial score (nSPS) is 10.7. The minimum Gasteiger partial charge on any atom is -0.473 e. The molecule has 1 aromatic rings. The van der Waals surface area contributed by atoms with Crippen LogP contribution in [0.4, 0.5) is 11.5 Å². The van der Waals surface area contributed by atoms with Crippen LogP contribution in [-0.2, 0) is 6.42 Å². The number of aromatic nitrogens is 2. The number of ether oxygens (including phenoxy) is 1. The third-order valence-corrected chi connectivity index (χ3v) is 2.69. The van der Waals surface area contributed by atoms with E-state index in [1.54, 1.807) is 6.92 Å². The van der Waals surface area contributed by atoms with Gasteiger partial charge in [-0.3, -0.25) is 10.1 Å². The lowest BCUT2D eigenvalue weighted by Gasteiger charge is -2.11. The summed E-state index contributed by atoms with van der Waals surface area (Å²) in [4.78, 5) is 19.0. The molecule has 0 aliphatic heterocycles. The van der Waals surface area contributed by atoms with E-state index in [1.807, 2.05) is 6.92 Å². The molecule has 0 saturated carbocycles. The largest absolute Gasteiger partial charge is 0.473 e. The van der Waals surface area contributed by atoms with E-state index < -0.39 is 4.92 Å². The number of aryl methyl sites for hydroxylation is 1. The highest BCUT2D eigenvalue weighted by molar-refractivity contribution is 5.61. The Bertz CT molecular complexity index is 463. The molecule has 0 aromatic carbocycles. The van der Waals surface area contributed by atoms with E-state index in [0.717, 1.165) is 6.42 Å². The van der Waals surface area contributed by atoms with Gasteiger partial charge < -0.3 is 10.1 Å². The standard InChI is InChI=1S/C13H22N4O3/c1-5-10-15-12(14-8-7-9(3)4)11(17(18)19)13(16-10)20-6-2/h9H,5-8H2,1-4H3,(H,14,15,16). The zero-order valence-electron chi connectivity index (χ0n) is 12.5. The molecule has 0 saturated heterocycles. The lowest BCUT2D eigenvalue weighted by molar-refractivity contribution is -0.385. The summed E-state index contributed by atoms with van der Waals surface area (Å²) in [7, 11) is 0. The maximum absolute atomic E-state index is 11.2. The van der Waals surface area contributed by atoms with E-state index in [-0.39, 0.29) is 17.4 Å². The SMILES string of the molecule is CCOc1nc(CC)nc(NCCC(C)C)c1[N+](=O)[O-]. The fourth-order valence-electron chi connectivity index (χ4n) is 1.64. The predicted molar refractivity (Wildman–Crippen MR) is 77.2 cm³/mol. The Kier molecular flexibility index (Phi) is 6.14. The summed E-state index contributed by atoms with van der Waals surface area (Å²) >= 11 is 0. The van der Waals surface area contributed by atoms with Gasteiger partial charge >= 0.3 is 5.69 Å². The molecule has 0 unspecified atom stereocenters. The monoisotopic (exact) mass is 282 g/mol. The van der Waals surface area contributed by atoms with Crippen molar-refractivity contribution in [3.63, 3.8) is 0 Å². The second-order valence-electron chi connectivity index (χ2n) is 4.80. The summed E-state index contributed by atoms with van der Waals surface area (Å²) in [5.41, 5.74) is -0.187. The zero-order valence-corrected chi connectivity index (χ0v) is 12.5. The zero-order chi connectivity index (χ0) is 15.1. The van der Waals surface area contributed by atoms with E-state index in [2.05, 4.69) is 29.1 Å². The number of nitrogens with one attached hydrogen (secondary N) is 1. The van der Waals surface area contributed by atoms with Crippen molar-refractivity contribution in [1.82, 2.24) is 9.97 Å². The molecule has 1 heterocycles. The highest BCUT2D eigenvalue weighted by Crippen LogP contribution is 2.32. The smallest absolute Gasteiger partial charge is 0.372 e. The molecule has 0 spiro atoms. The molecule has 0 aliphatic rings. The first-order chi connectivity index (χ1) is 9.49. The Hall–Kier alpha value is -1.92. The highest BCUT2D eigenvalue weighted by atomic mass is 16.6. The van der Waals surface area contributed by atoms with E-state index in [4.69, 9.17) is 4.74 Å². The topological polar surface area (TPSA) is 90.2 Å². The van der Waals surface area contributed by atoms with Crippen molar-refractivity contribution >= 4 is 11.5 Å². The van der Waals surface area contributed by atoms with Crippen molar-refractivity contribution in [2.75, 3.05) is 18.5 Å². The minimum absolute atomic E-state index is 0.0383. The summed E-state index contributed by atoms with van der Waals surface area (Å²) in [5, 5.41) is 14.2. The Morgan fingerprint density at radius 3 is 2.55 bits per heavy atom. The number of nitrogens with zero attached hydrogens (tertiary/aromatic N) is 3. The van der Waals surface area contributed by atoms with Crippen molar-refractivity contribution in [1.29, 1.82) is 0 Å². The molecule has 0 bridgehead atoms. The lowest BCUT2D eigenvalue weighted by Crippen LogP contribution is -2.12. The third kappa shape index (κ3) is 4.32. The third-order valence-electron chi connectivity index (χ3n) is 2.69. The van der Waals surface area contributed by atoms with Crippen LogP contribution < -0.4 is 10.1 Å². The van der Waals surface area contributed by atoms with Gasteiger partial charge in [0.1, 0.15) is 5.82 Å². The molecule has 1 rings (SSSR count). The number of hydrogen-bond donors (Lipinski definition) is 1. The molecule has 1 N–H and O–H groups in total. The summed E-state index contributed by atoms with van der Waals surface area (Å²) in [5.74, 6) is 1.33. The van der Waals surface area contributed by atoms with Gasteiger partial charge in [-0.25, -0.2) is 4.98 Å². The Balaban J connectivity index is 3.09. The van der Waals surface area contributed by atoms with Crippen LogP contribution in [-0.4, -0.2) is 28.0 Å². The van der Waals surface area contributed by atoms with E-state index in [1.165, 1.54) is 0 Å². The number of anilines is 1. The molecule has 1 aromatic heterocycles. The second kappa shape index (κ2) is 7.62. The van der Waals surface area contributed by atoms with Gasteiger partial charge in [0.05, 0.1) is 11.5 Å². The minimum atomic E-state index is -0.498. The highest BCUT2D eigenvalue weighted by Gasteiger charge is 2.25. The van der Waals surface area contributed by atoms with E-state index in [0.29, 0.717) is 31.3 Å². The van der Waals surface area contributed by atoms with Crippen molar-refractivity contribution in [3.8, 4) is 5.88 Å². The van der Waals surface area contributed by atoms with Crippen molar-refractivity contribution < 1.29 is 9.66 Å². The summed E-state index contributed by atoms with van der Waals surface area (Å²) in [6, 6.07) is 0. The van der Waals surface area contributed by atoms with Crippen LogP contribution in [0, 0.1) is 16.0 Å². The first-order valence-electron chi connectivity index (χ1n) is 6.91. The van der Waals surface area contributed by atoms with Crippen LogP contribution >= 0.6 is 0 Å². The van der Waals surface area contributed by atoms with Crippen LogP contribution in [0.15, 0.2) is 0 Å². The molecule has 0 aliphatic carbocycles. The molecule has 7 heteroatoms. The van der Waals surface area contributed by atoms with Crippen LogP contribution in [0.25, 0.3) is 0 Å². The number of hydrogen-bond acceptors (Lipinski definition) is 6. The average molecular weight is 282 g/mol. The molecular weight excluding hydrogens is 260 g/mol. The Morgan fingerprint density at radius 1 is 1.35 bits per heavy atom. The van der Waals surface area contributed by atoms with E-state index >= 15 is 0 Å². The molecule has 0 amide bonds. The Morgan fingerprint density at radius 2 is 2.05 bits per heavy atom. The van der Waals surface area contributed by atoms with Gasteiger partial charge in [-0.1, -0.05) is 20.8 Å². The number of rotatable bonds is 8. The van der Waals surface area contributed by atoms with Gasteiger partial charge in [-0.15, -0.1) is 0 Å². The van der Waals surface area contributed by atoms with E-state index in [9.17, 15) is 10.1 Å². The van der Waals surface area contributed by atoms with Crippen molar-refractivity contribution in [3.05, 3.63) is 15.9 Å². The molecule has 20 heavy (non-hydrogen) atoms. The summed E-state index contributed by atoms with van der Waals surface area (Å²) < 4.78 is 5.28. The number of nitro groups is 1. The fourth-order valence-corrected chi connectivity index (χ4v) is 1.64. The van der Waals surface area contributed by atoms with Crippen LogP contribution in [0.5, 0.6) is 5.88 Å². The molecule has 112 valence electrons. The summed E-state index contributed by atoms with van der Waals surface area (Å²) in [6.45, 7) is 8.81. The maximum Gasteiger partial charge on any atom is 0.372 e. The van der Waals surface area contributed by atoms with Gasteiger partial charge in [0.25, 0.3) is 5.88 Å². The molecule has 0 radical (unpaired) electrons. The van der Waals surface area contributed by atoms with Crippen molar-refractivity contribution in [2.24, 2.45) is 5.92 Å². The maximum atomic E-state index is 11.2. The second-order valence-corrected chi connectivity index (χ2v) is 4.80. The first-order valence-corrected chi connectivity index (χ1v) is 6.91. The molecule has 7 nitrogen and oxygen atoms in total. The van der Waals surface area contributed by atoms with Crippen LogP contribution in [0.2, 0.25) is 0 Å². The Labute approximate surface area is 118 Å². The van der Waals surface area contributed by atoms with Gasteiger partial charge in [0.15, 0.2) is 0 Å². The molecule has 0 fully saturated rings. The van der Waals surface area contributed by atoms with Gasteiger partial charge in [-0.2, -0.15) is 4.98 Å². The van der Waals surface area contributed by atoms with Crippen LogP contribution in [0.3, 0.4) is 0 Å². The van der Waals surface area contributed by atoms with Gasteiger partial charge in [0, 0.05) is 13.0 Å². The first kappa shape index (κ1) is 16.1. The molecule has 0 atom stereocenters. The fraction of sp³-hybridized carbons (Fsp3) is 0.692. The quantitative estimate of drug-likeness (QED) is 0.582. The summed E-state index contributed by atoms with van der Waals surface area (Å²) in [6.07, 6.45) is 1.50. The van der Waals surface area contributed by atoms with Gasteiger partial charge in [-0.05, 0) is 19.3 Å². The van der Waals surface area contributed by atoms with Crippen molar-refractivity contribution in [2.45, 2.75) is 40.5 Å². The lowest BCUT2D eigenvalue weighted by atomic mass is 10.1. The molecular formula is C13H22N4O3.